The third-order valence-corrected chi connectivity index (χ3v) is 3.00. The van der Waals surface area contributed by atoms with Crippen molar-refractivity contribution in [2.75, 3.05) is 31.1 Å². The SMILES string of the molecule is O=C(NCC(F)(F)F)N1CCCSCC1. The topological polar surface area (TPSA) is 32.3 Å². The standard InChI is InChI=1S/C8H13F3N2OS/c9-8(10,11)6-12-7(14)13-2-1-4-15-5-3-13/h1-6H2,(H,12,14). The van der Waals surface area contributed by atoms with Crippen molar-refractivity contribution in [1.29, 1.82) is 0 Å². The lowest BCUT2D eigenvalue weighted by atomic mass is 10.4. The van der Waals surface area contributed by atoms with Crippen molar-refractivity contribution in [2.45, 2.75) is 12.6 Å². The number of amides is 2. The number of rotatable bonds is 1. The molecule has 0 bridgehead atoms. The number of nitrogens with one attached hydrogen (secondary N) is 1. The Kier molecular flexibility index (Phi) is 4.56. The molecule has 88 valence electrons. The number of alkyl halides is 3. The Balaban J connectivity index is 2.32. The zero-order valence-corrected chi connectivity index (χ0v) is 8.96. The smallest absolute Gasteiger partial charge is 0.329 e. The van der Waals surface area contributed by atoms with E-state index in [2.05, 4.69) is 0 Å². The van der Waals surface area contributed by atoms with Crippen LogP contribution in [0.2, 0.25) is 0 Å². The molecule has 0 aliphatic carbocycles. The Hall–Kier alpha value is -0.590. The van der Waals surface area contributed by atoms with Gasteiger partial charge in [-0.15, -0.1) is 0 Å². The fraction of sp³-hybridized carbons (Fsp3) is 0.875. The largest absolute Gasteiger partial charge is 0.405 e. The summed E-state index contributed by atoms with van der Waals surface area (Å²) in [6, 6.07) is -0.616. The normalized spacial score (nSPS) is 18.5. The quantitative estimate of drug-likeness (QED) is 0.759. The van der Waals surface area contributed by atoms with E-state index in [1.165, 1.54) is 4.90 Å². The van der Waals surface area contributed by atoms with E-state index in [1.807, 2.05) is 5.32 Å². The maximum absolute atomic E-state index is 11.8. The van der Waals surface area contributed by atoms with Crippen molar-refractivity contribution >= 4 is 17.8 Å². The van der Waals surface area contributed by atoms with Gasteiger partial charge in [-0.2, -0.15) is 24.9 Å². The van der Waals surface area contributed by atoms with Gasteiger partial charge >= 0.3 is 12.2 Å². The molecule has 15 heavy (non-hydrogen) atoms. The van der Waals surface area contributed by atoms with Crippen molar-refractivity contribution in [3.8, 4) is 0 Å². The summed E-state index contributed by atoms with van der Waals surface area (Å²) in [6.45, 7) is -0.194. The Morgan fingerprint density at radius 1 is 1.33 bits per heavy atom. The Morgan fingerprint density at radius 3 is 2.73 bits per heavy atom. The predicted molar refractivity (Wildman–Crippen MR) is 53.0 cm³/mol. The van der Waals surface area contributed by atoms with Crippen molar-refractivity contribution < 1.29 is 18.0 Å². The summed E-state index contributed by atoms with van der Waals surface area (Å²) in [7, 11) is 0. The molecule has 0 saturated carbocycles. The number of hydrogen-bond acceptors (Lipinski definition) is 2. The lowest BCUT2D eigenvalue weighted by Gasteiger charge is -2.20. The van der Waals surface area contributed by atoms with E-state index in [0.29, 0.717) is 13.1 Å². The van der Waals surface area contributed by atoms with Crippen LogP contribution in [0.15, 0.2) is 0 Å². The minimum atomic E-state index is -4.34. The first kappa shape index (κ1) is 12.5. The third-order valence-electron chi connectivity index (χ3n) is 1.95. The second kappa shape index (κ2) is 5.48. The van der Waals surface area contributed by atoms with Gasteiger partial charge in [0.15, 0.2) is 0 Å². The molecule has 3 nitrogen and oxygen atoms in total. The zero-order valence-electron chi connectivity index (χ0n) is 8.14. The minimum absolute atomic E-state index is 0.522. The molecule has 0 atom stereocenters. The number of thioether (sulfide) groups is 1. The number of carbonyl (C=O) groups is 1. The van der Waals surface area contributed by atoms with Crippen LogP contribution in [0.3, 0.4) is 0 Å². The van der Waals surface area contributed by atoms with Gasteiger partial charge < -0.3 is 10.2 Å². The molecule has 0 aromatic carbocycles. The van der Waals surface area contributed by atoms with Gasteiger partial charge in [0.05, 0.1) is 0 Å². The minimum Gasteiger partial charge on any atom is -0.329 e. The van der Waals surface area contributed by atoms with Gasteiger partial charge in [0, 0.05) is 18.8 Å². The summed E-state index contributed by atoms with van der Waals surface area (Å²) in [5.74, 6) is 1.75. The number of urea groups is 1. The lowest BCUT2D eigenvalue weighted by molar-refractivity contribution is -0.123. The van der Waals surface area contributed by atoms with Crippen molar-refractivity contribution in [3.05, 3.63) is 0 Å². The van der Waals surface area contributed by atoms with Crippen LogP contribution >= 0.6 is 11.8 Å². The molecule has 1 saturated heterocycles. The fourth-order valence-electron chi connectivity index (χ4n) is 1.24. The third kappa shape index (κ3) is 5.15. The molecule has 1 aliphatic rings. The molecule has 0 unspecified atom stereocenters. The van der Waals surface area contributed by atoms with E-state index in [9.17, 15) is 18.0 Å². The van der Waals surface area contributed by atoms with Gasteiger partial charge in [-0.3, -0.25) is 0 Å². The van der Waals surface area contributed by atoms with Crippen LogP contribution in [0, 0.1) is 0 Å². The van der Waals surface area contributed by atoms with Gasteiger partial charge in [-0.05, 0) is 12.2 Å². The van der Waals surface area contributed by atoms with Crippen LogP contribution in [0.1, 0.15) is 6.42 Å². The highest BCUT2D eigenvalue weighted by Gasteiger charge is 2.28. The number of carbonyl (C=O) groups excluding carboxylic acids is 1. The van der Waals surface area contributed by atoms with Crippen LogP contribution in [-0.2, 0) is 0 Å². The molecule has 0 radical (unpaired) electrons. The molecular formula is C8H13F3N2OS. The van der Waals surface area contributed by atoms with Crippen LogP contribution in [0.5, 0.6) is 0 Å². The molecule has 0 aromatic rings. The van der Waals surface area contributed by atoms with Gasteiger partial charge in [-0.1, -0.05) is 0 Å². The van der Waals surface area contributed by atoms with E-state index < -0.39 is 18.8 Å². The molecule has 1 aliphatic heterocycles. The summed E-state index contributed by atoms with van der Waals surface area (Å²) in [5.41, 5.74) is 0. The Bertz CT molecular complexity index is 214. The van der Waals surface area contributed by atoms with E-state index in [4.69, 9.17) is 0 Å². The first-order valence-electron chi connectivity index (χ1n) is 4.66. The fourth-order valence-corrected chi connectivity index (χ4v) is 2.12. The number of hydrogen-bond donors (Lipinski definition) is 1. The van der Waals surface area contributed by atoms with Crippen molar-refractivity contribution in [1.82, 2.24) is 10.2 Å². The molecule has 7 heteroatoms. The van der Waals surface area contributed by atoms with Crippen LogP contribution < -0.4 is 5.32 Å². The van der Waals surface area contributed by atoms with Crippen LogP contribution in [0.4, 0.5) is 18.0 Å². The van der Waals surface area contributed by atoms with Crippen LogP contribution in [-0.4, -0.2) is 48.2 Å². The summed E-state index contributed by atoms with van der Waals surface area (Å²) in [4.78, 5) is 12.7. The molecule has 2 amide bonds. The maximum Gasteiger partial charge on any atom is 0.405 e. The molecule has 1 rings (SSSR count). The van der Waals surface area contributed by atoms with E-state index in [1.54, 1.807) is 11.8 Å². The van der Waals surface area contributed by atoms with Crippen molar-refractivity contribution in [2.24, 2.45) is 0 Å². The first-order valence-corrected chi connectivity index (χ1v) is 5.82. The molecule has 1 fully saturated rings. The summed E-state index contributed by atoms with van der Waals surface area (Å²) < 4.78 is 35.5. The average molecular weight is 242 g/mol. The molecule has 0 aromatic heterocycles. The van der Waals surface area contributed by atoms with E-state index >= 15 is 0 Å². The second-order valence-electron chi connectivity index (χ2n) is 3.23. The first-order chi connectivity index (χ1) is 6.99. The summed E-state index contributed by atoms with van der Waals surface area (Å²) in [6.07, 6.45) is -3.50. The molecule has 1 N–H and O–H groups in total. The highest BCUT2D eigenvalue weighted by molar-refractivity contribution is 7.99. The second-order valence-corrected chi connectivity index (χ2v) is 4.45. The Morgan fingerprint density at radius 2 is 2.07 bits per heavy atom. The summed E-state index contributed by atoms with van der Waals surface area (Å²) >= 11 is 1.72. The van der Waals surface area contributed by atoms with Gasteiger partial charge in [-0.25, -0.2) is 4.79 Å². The predicted octanol–water partition coefficient (Wildman–Crippen LogP) is 1.70. The van der Waals surface area contributed by atoms with Gasteiger partial charge in [0.25, 0.3) is 0 Å². The highest BCUT2D eigenvalue weighted by Crippen LogP contribution is 2.13. The lowest BCUT2D eigenvalue weighted by Crippen LogP contribution is -2.44. The highest BCUT2D eigenvalue weighted by atomic mass is 32.2. The van der Waals surface area contributed by atoms with E-state index in [0.717, 1.165) is 17.9 Å². The van der Waals surface area contributed by atoms with Gasteiger partial charge in [0.1, 0.15) is 6.54 Å². The average Bonchev–Trinajstić information content (AvgIpc) is 2.41. The maximum atomic E-state index is 11.8. The Labute approximate surface area is 90.4 Å². The van der Waals surface area contributed by atoms with Crippen LogP contribution in [0.25, 0.3) is 0 Å². The van der Waals surface area contributed by atoms with Crippen molar-refractivity contribution in [3.63, 3.8) is 0 Å². The molecule has 0 spiro atoms. The molecule has 1 heterocycles. The van der Waals surface area contributed by atoms with Gasteiger partial charge in [0.2, 0.25) is 0 Å². The molecular weight excluding hydrogens is 229 g/mol. The monoisotopic (exact) mass is 242 g/mol. The zero-order chi connectivity index (χ0) is 11.3. The number of nitrogens with zero attached hydrogens (tertiary/aromatic N) is 1. The number of halogens is 3. The summed E-state index contributed by atoms with van der Waals surface area (Å²) in [5, 5.41) is 1.87. The van der Waals surface area contributed by atoms with E-state index in [-0.39, 0.29) is 0 Å².